The Morgan fingerprint density at radius 2 is 1.88 bits per heavy atom. The third-order valence-electron chi connectivity index (χ3n) is 3.12. The molecule has 0 unspecified atom stereocenters. The average molecular weight is 219 g/mol. The Kier molecular flexibility index (Phi) is 1.56. The molecule has 0 bridgehead atoms. The van der Waals surface area contributed by atoms with E-state index < -0.39 is 0 Å². The lowest BCUT2D eigenvalue weighted by Crippen LogP contribution is -1.90. The number of rotatable bonds is 0. The highest BCUT2D eigenvalue weighted by atomic mass is 15.0. The average Bonchev–Trinajstić information content (AvgIpc) is 2.86. The zero-order valence-corrected chi connectivity index (χ0v) is 9.04. The Labute approximate surface area is 97.4 Å². The number of benzene rings is 2. The van der Waals surface area contributed by atoms with Crippen LogP contribution in [0, 0.1) is 0 Å². The molecule has 0 amide bonds. The summed E-state index contributed by atoms with van der Waals surface area (Å²) in [5.74, 6) is 0. The van der Waals surface area contributed by atoms with Gasteiger partial charge in [0.25, 0.3) is 0 Å². The van der Waals surface area contributed by atoms with Gasteiger partial charge in [-0.15, -0.1) is 0 Å². The standard InChI is InChI=1S/C14H9N3/c1-2-4-11-10(3-1)5-6-12-14(11)16-9-13-15-7-8-17(12)13/h1-9H. The van der Waals surface area contributed by atoms with Gasteiger partial charge in [0, 0.05) is 17.8 Å². The van der Waals surface area contributed by atoms with Crippen LogP contribution in [0.4, 0.5) is 0 Å². The fourth-order valence-corrected chi connectivity index (χ4v) is 2.31. The van der Waals surface area contributed by atoms with Crippen LogP contribution < -0.4 is 0 Å². The van der Waals surface area contributed by atoms with Crippen molar-refractivity contribution in [1.29, 1.82) is 0 Å². The minimum absolute atomic E-state index is 0.882. The number of nitrogens with zero attached hydrogens (tertiary/aromatic N) is 3. The number of hydrogen-bond acceptors (Lipinski definition) is 2. The van der Waals surface area contributed by atoms with Crippen molar-refractivity contribution in [1.82, 2.24) is 14.4 Å². The Balaban J connectivity index is 2.34. The molecule has 3 heteroatoms. The maximum absolute atomic E-state index is 4.53. The van der Waals surface area contributed by atoms with E-state index in [4.69, 9.17) is 0 Å². The summed E-state index contributed by atoms with van der Waals surface area (Å²) in [6.45, 7) is 0. The van der Waals surface area contributed by atoms with Gasteiger partial charge in [0.1, 0.15) is 0 Å². The van der Waals surface area contributed by atoms with E-state index in [9.17, 15) is 0 Å². The molecule has 0 saturated heterocycles. The summed E-state index contributed by atoms with van der Waals surface area (Å²) in [7, 11) is 0. The zero-order valence-electron chi connectivity index (χ0n) is 9.04. The molecule has 4 aromatic rings. The molecule has 0 fully saturated rings. The molecule has 0 atom stereocenters. The largest absolute Gasteiger partial charge is 0.297 e. The van der Waals surface area contributed by atoms with Crippen LogP contribution in [0.3, 0.4) is 0 Å². The highest BCUT2D eigenvalue weighted by molar-refractivity contribution is 6.04. The van der Waals surface area contributed by atoms with Gasteiger partial charge in [0.05, 0.1) is 17.2 Å². The van der Waals surface area contributed by atoms with Crippen molar-refractivity contribution in [3.63, 3.8) is 0 Å². The molecule has 0 aliphatic heterocycles. The summed E-state index contributed by atoms with van der Waals surface area (Å²) in [5.41, 5.74) is 3.00. The third kappa shape index (κ3) is 1.11. The molecule has 2 aromatic carbocycles. The molecule has 3 nitrogen and oxygen atoms in total. The molecule has 0 N–H and O–H groups in total. The molecule has 0 spiro atoms. The first-order valence-corrected chi connectivity index (χ1v) is 5.53. The third-order valence-corrected chi connectivity index (χ3v) is 3.12. The van der Waals surface area contributed by atoms with Crippen molar-refractivity contribution in [2.24, 2.45) is 0 Å². The predicted molar refractivity (Wildman–Crippen MR) is 68.0 cm³/mol. The van der Waals surface area contributed by atoms with E-state index in [0.29, 0.717) is 0 Å². The molecular weight excluding hydrogens is 210 g/mol. The first-order chi connectivity index (χ1) is 8.43. The van der Waals surface area contributed by atoms with Gasteiger partial charge in [0.2, 0.25) is 0 Å². The molecule has 2 aromatic heterocycles. The van der Waals surface area contributed by atoms with Crippen molar-refractivity contribution in [2.45, 2.75) is 0 Å². The second-order valence-corrected chi connectivity index (χ2v) is 4.07. The molecule has 0 radical (unpaired) electrons. The Bertz CT molecular complexity index is 846. The molecule has 0 aliphatic carbocycles. The predicted octanol–water partition coefficient (Wildman–Crippen LogP) is 3.04. The van der Waals surface area contributed by atoms with Gasteiger partial charge in [-0.1, -0.05) is 30.3 Å². The van der Waals surface area contributed by atoms with Crippen LogP contribution >= 0.6 is 0 Å². The van der Waals surface area contributed by atoms with Crippen LogP contribution in [0.2, 0.25) is 0 Å². The molecule has 0 aliphatic rings. The quantitative estimate of drug-likeness (QED) is 0.425. The van der Waals surface area contributed by atoms with Gasteiger partial charge in [-0.25, -0.2) is 4.98 Å². The number of imidazole rings is 1. The van der Waals surface area contributed by atoms with Crippen LogP contribution in [0.15, 0.2) is 55.0 Å². The van der Waals surface area contributed by atoms with E-state index in [1.807, 2.05) is 24.5 Å². The van der Waals surface area contributed by atoms with Gasteiger partial charge < -0.3 is 0 Å². The number of aromatic nitrogens is 3. The first kappa shape index (κ1) is 8.70. The lowest BCUT2D eigenvalue weighted by molar-refractivity contribution is 1.21. The van der Waals surface area contributed by atoms with E-state index in [0.717, 1.165) is 16.7 Å². The molecule has 4 rings (SSSR count). The van der Waals surface area contributed by atoms with Gasteiger partial charge in [-0.2, -0.15) is 0 Å². The van der Waals surface area contributed by atoms with Crippen LogP contribution in [0.5, 0.6) is 0 Å². The van der Waals surface area contributed by atoms with Gasteiger partial charge in [-0.3, -0.25) is 9.38 Å². The fraction of sp³-hybridized carbons (Fsp3) is 0. The zero-order chi connectivity index (χ0) is 11.2. The van der Waals surface area contributed by atoms with Gasteiger partial charge >= 0.3 is 0 Å². The lowest BCUT2D eigenvalue weighted by atomic mass is 10.1. The second-order valence-electron chi connectivity index (χ2n) is 4.07. The van der Waals surface area contributed by atoms with E-state index in [2.05, 4.69) is 38.6 Å². The molecule has 80 valence electrons. The summed E-state index contributed by atoms with van der Waals surface area (Å²) >= 11 is 0. The second kappa shape index (κ2) is 3.04. The van der Waals surface area contributed by atoms with Crippen molar-refractivity contribution in [3.8, 4) is 0 Å². The first-order valence-electron chi connectivity index (χ1n) is 5.53. The maximum atomic E-state index is 4.53. The summed E-state index contributed by atoms with van der Waals surface area (Å²) in [5, 5.41) is 2.40. The van der Waals surface area contributed by atoms with Crippen LogP contribution in [-0.4, -0.2) is 14.4 Å². The molecule has 17 heavy (non-hydrogen) atoms. The summed E-state index contributed by atoms with van der Waals surface area (Å²) < 4.78 is 2.06. The lowest BCUT2D eigenvalue weighted by Gasteiger charge is -2.04. The van der Waals surface area contributed by atoms with Gasteiger partial charge in [-0.05, 0) is 11.5 Å². The summed E-state index contributed by atoms with van der Waals surface area (Å²) in [6, 6.07) is 12.5. The van der Waals surface area contributed by atoms with E-state index in [1.54, 1.807) is 6.20 Å². The Morgan fingerprint density at radius 1 is 0.941 bits per heavy atom. The Hall–Kier alpha value is -2.42. The molecule has 2 heterocycles. The normalized spacial score (nSPS) is 11.5. The minimum Gasteiger partial charge on any atom is -0.297 e. The highest BCUT2D eigenvalue weighted by Crippen LogP contribution is 2.23. The molecular formula is C14H9N3. The number of hydrogen-bond donors (Lipinski definition) is 0. The fourth-order valence-electron chi connectivity index (χ4n) is 2.31. The topological polar surface area (TPSA) is 30.2 Å². The minimum atomic E-state index is 0.882. The van der Waals surface area contributed by atoms with E-state index >= 15 is 0 Å². The summed E-state index contributed by atoms with van der Waals surface area (Å²) in [4.78, 5) is 8.78. The van der Waals surface area contributed by atoms with E-state index in [1.165, 1.54) is 10.8 Å². The maximum Gasteiger partial charge on any atom is 0.155 e. The van der Waals surface area contributed by atoms with Crippen molar-refractivity contribution in [2.75, 3.05) is 0 Å². The summed E-state index contributed by atoms with van der Waals surface area (Å²) in [6.07, 6.45) is 5.58. The van der Waals surface area contributed by atoms with Crippen molar-refractivity contribution in [3.05, 3.63) is 55.0 Å². The SMILES string of the molecule is c1ccc2c(c1)ccc1c2ncc2nccn21. The van der Waals surface area contributed by atoms with Gasteiger partial charge in [0.15, 0.2) is 5.65 Å². The molecule has 0 saturated carbocycles. The van der Waals surface area contributed by atoms with Crippen LogP contribution in [-0.2, 0) is 0 Å². The smallest absolute Gasteiger partial charge is 0.155 e. The van der Waals surface area contributed by atoms with Crippen molar-refractivity contribution >= 4 is 27.5 Å². The Morgan fingerprint density at radius 3 is 2.88 bits per heavy atom. The highest BCUT2D eigenvalue weighted by Gasteiger charge is 2.04. The van der Waals surface area contributed by atoms with Crippen LogP contribution in [0.1, 0.15) is 0 Å². The van der Waals surface area contributed by atoms with Crippen LogP contribution in [0.25, 0.3) is 27.5 Å². The van der Waals surface area contributed by atoms with Crippen molar-refractivity contribution < 1.29 is 0 Å². The van der Waals surface area contributed by atoms with E-state index in [-0.39, 0.29) is 0 Å². The number of fused-ring (bicyclic) bond motifs is 5. The monoisotopic (exact) mass is 219 g/mol.